The third-order valence-electron chi connectivity index (χ3n) is 0.833. The van der Waals surface area contributed by atoms with Gasteiger partial charge in [0.2, 0.25) is 0 Å². The van der Waals surface area contributed by atoms with Crippen LogP contribution in [0.4, 0.5) is 8.78 Å². The summed E-state index contributed by atoms with van der Waals surface area (Å²) in [5, 5.41) is 0. The van der Waals surface area contributed by atoms with Gasteiger partial charge < -0.3 is 0 Å². The van der Waals surface area contributed by atoms with Crippen molar-refractivity contribution in [1.29, 1.82) is 0 Å². The van der Waals surface area contributed by atoms with E-state index in [9.17, 15) is 8.78 Å². The molecule has 0 N–H and O–H groups in total. The Kier molecular flexibility index (Phi) is 3.01. The maximum Gasteiger partial charge on any atom is 0.293 e. The molecule has 0 aliphatic carbocycles. The molecule has 3 heteroatoms. The van der Waals surface area contributed by atoms with Gasteiger partial charge in [-0.25, -0.2) is 0 Å². The van der Waals surface area contributed by atoms with Crippen molar-refractivity contribution in [2.75, 3.05) is 0 Å². The Bertz CT molecular complexity index is 88.4. The van der Waals surface area contributed by atoms with Crippen LogP contribution in [0.15, 0.2) is 0 Å². The fraction of sp³-hybridized carbons (Fsp3) is 0.800. The lowest BCUT2D eigenvalue weighted by Crippen LogP contribution is -2.14. The van der Waals surface area contributed by atoms with Crippen LogP contribution in [0.25, 0.3) is 0 Å². The van der Waals surface area contributed by atoms with Gasteiger partial charge in [-0.15, -0.1) is 0 Å². The van der Waals surface area contributed by atoms with E-state index >= 15 is 0 Å². The van der Waals surface area contributed by atoms with Crippen molar-refractivity contribution in [2.45, 2.75) is 17.8 Å². The average molecular weight is 234 g/mol. The average Bonchev–Trinajstić information content (AvgIpc) is 1.67. The van der Waals surface area contributed by atoms with Gasteiger partial charge in [0.25, 0.3) is 3.93 Å². The molecule has 0 unspecified atom stereocenters. The van der Waals surface area contributed by atoms with Crippen molar-refractivity contribution < 1.29 is 8.78 Å². The van der Waals surface area contributed by atoms with E-state index in [-0.39, 0.29) is 0 Å². The summed E-state index contributed by atoms with van der Waals surface area (Å²) < 4.78 is 25.3. The lowest BCUT2D eigenvalue weighted by Gasteiger charge is -2.13. The largest absolute Gasteiger partial charge is 0.293 e. The maximum absolute atomic E-state index is 12.3. The number of hydrogen-bond donors (Lipinski definition) is 0. The molecule has 0 rings (SSSR count). The van der Waals surface area contributed by atoms with E-state index in [1.54, 1.807) is 0 Å². The molecule has 0 amide bonds. The standard InChI is InChI=1S/C5H9F2I/c1-4(2)5(6,7)8-3/h4H,3H2,1-2H3. The second-order valence-electron chi connectivity index (χ2n) is 1.83. The van der Waals surface area contributed by atoms with Gasteiger partial charge in [-0.05, 0) is 0 Å². The molecule has 0 saturated carbocycles. The van der Waals surface area contributed by atoms with Crippen LogP contribution in [0, 0.1) is 5.92 Å². The summed E-state index contributed by atoms with van der Waals surface area (Å²) in [6, 6.07) is 0. The minimum absolute atomic E-state index is 0.534. The number of hydrogen-bond acceptors (Lipinski definition) is 0. The van der Waals surface area contributed by atoms with Crippen molar-refractivity contribution in [1.82, 2.24) is 0 Å². The Labute approximate surface area is 58.0 Å². The first-order valence-corrected chi connectivity index (χ1v) is 4.88. The van der Waals surface area contributed by atoms with Crippen LogP contribution in [0.3, 0.4) is 0 Å². The van der Waals surface area contributed by atoms with Crippen molar-refractivity contribution in [3.05, 3.63) is 0 Å². The van der Waals surface area contributed by atoms with Crippen LogP contribution in [-0.2, 0) is 0 Å². The monoisotopic (exact) mass is 234 g/mol. The predicted molar refractivity (Wildman–Crippen MR) is 40.9 cm³/mol. The SMILES string of the molecule is C=IC(F)(F)C(C)C. The molecule has 0 aromatic rings. The Morgan fingerprint density at radius 1 is 1.50 bits per heavy atom. The zero-order valence-electron chi connectivity index (χ0n) is 4.92. The molecule has 0 aromatic heterocycles. The predicted octanol–water partition coefficient (Wildman–Crippen LogP) is 2.64. The van der Waals surface area contributed by atoms with E-state index < -0.39 is 30.6 Å². The van der Waals surface area contributed by atoms with E-state index in [4.69, 9.17) is 0 Å². The van der Waals surface area contributed by atoms with Crippen LogP contribution in [-0.4, -0.2) is 8.44 Å². The lowest BCUT2D eigenvalue weighted by atomic mass is 10.2. The summed E-state index contributed by atoms with van der Waals surface area (Å²) in [6.07, 6.45) is 0. The molecular formula is C5H9F2I. The number of halogens is 3. The molecule has 0 fully saturated rings. The fourth-order valence-electron chi connectivity index (χ4n) is 0.154. The molecular weight excluding hydrogens is 225 g/mol. The molecule has 0 radical (unpaired) electrons. The van der Waals surface area contributed by atoms with Crippen molar-refractivity contribution in [2.24, 2.45) is 5.92 Å². The first-order valence-electron chi connectivity index (χ1n) is 2.28. The van der Waals surface area contributed by atoms with E-state index in [0.29, 0.717) is 0 Å². The van der Waals surface area contributed by atoms with Crippen LogP contribution >= 0.6 is 20.7 Å². The number of rotatable bonds is 2. The Balaban J connectivity index is 3.90. The van der Waals surface area contributed by atoms with Gasteiger partial charge in [0, 0.05) is 5.92 Å². The summed E-state index contributed by atoms with van der Waals surface area (Å²) in [7, 11) is 0. The molecule has 0 bridgehead atoms. The van der Waals surface area contributed by atoms with Gasteiger partial charge in [-0.3, -0.25) is 0 Å². The molecule has 0 spiro atoms. The minimum atomic E-state index is -2.46. The van der Waals surface area contributed by atoms with Crippen LogP contribution < -0.4 is 0 Å². The third-order valence-corrected chi connectivity index (χ3v) is 3.10. The van der Waals surface area contributed by atoms with E-state index in [2.05, 4.69) is 4.51 Å². The van der Waals surface area contributed by atoms with Gasteiger partial charge in [0.05, 0.1) is 0 Å². The first-order chi connectivity index (χ1) is 3.50. The molecule has 0 aromatic carbocycles. The lowest BCUT2D eigenvalue weighted by molar-refractivity contribution is 0.0749. The minimum Gasteiger partial charge on any atom is -0.195 e. The molecule has 0 aliphatic heterocycles. The van der Waals surface area contributed by atoms with Crippen molar-refractivity contribution >= 4 is 25.2 Å². The highest BCUT2D eigenvalue weighted by Crippen LogP contribution is 2.34. The molecule has 0 aliphatic rings. The molecule has 0 atom stereocenters. The summed E-state index contributed by atoms with van der Waals surface area (Å²) in [5.74, 6) is -0.534. The van der Waals surface area contributed by atoms with Crippen molar-refractivity contribution in [3.8, 4) is 0 Å². The highest BCUT2D eigenvalue weighted by Gasteiger charge is 2.29. The Hall–Kier alpha value is 0.460. The highest BCUT2D eigenvalue weighted by molar-refractivity contribution is 14.2. The Morgan fingerprint density at radius 3 is 1.88 bits per heavy atom. The van der Waals surface area contributed by atoms with Crippen LogP contribution in [0.2, 0.25) is 0 Å². The van der Waals surface area contributed by atoms with Gasteiger partial charge in [-0.1, -0.05) is 39.1 Å². The van der Waals surface area contributed by atoms with Gasteiger partial charge in [-0.2, -0.15) is 8.78 Å². The quantitative estimate of drug-likeness (QED) is 0.509. The normalized spacial score (nSPS) is 12.6. The summed E-state index contributed by atoms with van der Waals surface area (Å²) >= 11 is -1.16. The maximum atomic E-state index is 12.3. The van der Waals surface area contributed by atoms with Gasteiger partial charge >= 0.3 is 0 Å². The second kappa shape index (κ2) is 2.85. The summed E-state index contributed by atoms with van der Waals surface area (Å²) in [5.41, 5.74) is 0. The molecule has 0 nitrogen and oxygen atoms in total. The smallest absolute Gasteiger partial charge is 0.195 e. The van der Waals surface area contributed by atoms with Gasteiger partial charge in [0.1, 0.15) is 0 Å². The molecule has 0 saturated heterocycles. The number of alkyl halides is 3. The Morgan fingerprint density at radius 2 is 1.88 bits per heavy atom. The highest BCUT2D eigenvalue weighted by atomic mass is 127. The second-order valence-corrected chi connectivity index (χ2v) is 4.03. The molecule has 8 heavy (non-hydrogen) atoms. The van der Waals surface area contributed by atoms with E-state index in [0.717, 1.165) is 0 Å². The zero-order chi connectivity index (χ0) is 6.78. The third kappa shape index (κ3) is 2.15. The summed E-state index contributed by atoms with van der Waals surface area (Å²) in [4.78, 5) is 0. The topological polar surface area (TPSA) is 0 Å². The summed E-state index contributed by atoms with van der Waals surface area (Å²) in [6.45, 7) is 3.04. The van der Waals surface area contributed by atoms with E-state index in [1.165, 1.54) is 13.8 Å². The van der Waals surface area contributed by atoms with Crippen molar-refractivity contribution in [3.63, 3.8) is 0 Å². The molecule has 50 valence electrons. The van der Waals surface area contributed by atoms with Crippen LogP contribution in [0.5, 0.6) is 0 Å². The van der Waals surface area contributed by atoms with Gasteiger partial charge in [0.15, 0.2) is 0 Å². The zero-order valence-corrected chi connectivity index (χ0v) is 7.08. The fourth-order valence-corrected chi connectivity index (χ4v) is 1.04. The van der Waals surface area contributed by atoms with Crippen LogP contribution in [0.1, 0.15) is 13.8 Å². The first kappa shape index (κ1) is 8.46. The van der Waals surface area contributed by atoms with E-state index in [1.807, 2.05) is 0 Å². The molecule has 0 heterocycles.